The van der Waals surface area contributed by atoms with Crippen molar-refractivity contribution in [2.24, 2.45) is 17.6 Å². The van der Waals surface area contributed by atoms with E-state index in [-0.39, 0.29) is 24.2 Å². The van der Waals surface area contributed by atoms with Gasteiger partial charge in [0.2, 0.25) is 5.91 Å². The maximum Gasteiger partial charge on any atom is 0.220 e. The minimum Gasteiger partial charge on any atom is -0.369 e. The van der Waals surface area contributed by atoms with Crippen LogP contribution in [0.2, 0.25) is 0 Å². The molecule has 0 aromatic carbocycles. The van der Waals surface area contributed by atoms with Crippen LogP contribution in [0.15, 0.2) is 0 Å². The second kappa shape index (κ2) is 6.22. The molecule has 0 radical (unpaired) electrons. The summed E-state index contributed by atoms with van der Waals surface area (Å²) in [6.07, 6.45) is 3.09. The Labute approximate surface area is 85.9 Å². The fourth-order valence-corrected chi connectivity index (χ4v) is 2.01. The fourth-order valence-electron chi connectivity index (χ4n) is 2.01. The van der Waals surface area contributed by atoms with E-state index in [9.17, 15) is 4.79 Å². The predicted molar refractivity (Wildman–Crippen MR) is 55.8 cm³/mol. The Morgan fingerprint density at radius 1 is 1.54 bits per heavy atom. The van der Waals surface area contributed by atoms with Crippen molar-refractivity contribution in [1.29, 1.82) is 0 Å². The lowest BCUT2D eigenvalue weighted by Gasteiger charge is -2.27. The zero-order valence-electron chi connectivity index (χ0n) is 8.08. The summed E-state index contributed by atoms with van der Waals surface area (Å²) in [7, 11) is 0. The molecule has 1 rings (SSSR count). The van der Waals surface area contributed by atoms with Crippen LogP contribution in [-0.2, 0) is 4.79 Å². The van der Waals surface area contributed by atoms with Gasteiger partial charge in [-0.2, -0.15) is 0 Å². The molecule has 1 fully saturated rings. The minimum absolute atomic E-state index is 0. The normalized spacial score (nSPS) is 20.4. The van der Waals surface area contributed by atoms with Crippen LogP contribution in [-0.4, -0.2) is 19.0 Å². The Balaban J connectivity index is 0.00000144. The highest BCUT2D eigenvalue weighted by Crippen LogP contribution is 2.23. The van der Waals surface area contributed by atoms with Gasteiger partial charge in [0, 0.05) is 5.92 Å². The summed E-state index contributed by atoms with van der Waals surface area (Å²) in [5.41, 5.74) is 5.32. The second-order valence-corrected chi connectivity index (χ2v) is 3.50. The molecule has 78 valence electrons. The van der Waals surface area contributed by atoms with E-state index in [0.29, 0.717) is 5.92 Å². The number of rotatable bonds is 3. The number of amides is 1. The van der Waals surface area contributed by atoms with E-state index in [1.807, 2.05) is 6.92 Å². The van der Waals surface area contributed by atoms with Crippen LogP contribution in [0, 0.1) is 11.8 Å². The molecule has 0 aromatic rings. The number of carbonyl (C=O) groups is 1. The Morgan fingerprint density at radius 2 is 2.08 bits per heavy atom. The molecule has 1 aliphatic heterocycles. The summed E-state index contributed by atoms with van der Waals surface area (Å²) in [5.74, 6) is 0.505. The summed E-state index contributed by atoms with van der Waals surface area (Å²) in [6, 6.07) is 0. The predicted octanol–water partition coefficient (Wildman–Crippen LogP) is 0.919. The SMILES string of the molecule is CCC(C(N)=O)C1CCNCC1.Cl. The quantitative estimate of drug-likeness (QED) is 0.722. The number of piperidine rings is 1. The Bertz CT molecular complexity index is 158. The topological polar surface area (TPSA) is 55.1 Å². The summed E-state index contributed by atoms with van der Waals surface area (Å²) in [6.45, 7) is 4.11. The zero-order chi connectivity index (χ0) is 8.97. The molecule has 0 aromatic heterocycles. The number of nitrogens with two attached hydrogens (primary N) is 1. The molecule has 3 N–H and O–H groups in total. The van der Waals surface area contributed by atoms with E-state index in [2.05, 4.69) is 5.32 Å². The first-order valence-electron chi connectivity index (χ1n) is 4.75. The molecule has 4 heteroatoms. The van der Waals surface area contributed by atoms with E-state index < -0.39 is 0 Å². The van der Waals surface area contributed by atoms with E-state index in [4.69, 9.17) is 5.73 Å². The van der Waals surface area contributed by atoms with Gasteiger partial charge in [0.25, 0.3) is 0 Å². The molecule has 0 spiro atoms. The first-order chi connectivity index (χ1) is 5.75. The van der Waals surface area contributed by atoms with Gasteiger partial charge in [-0.15, -0.1) is 12.4 Å². The molecule has 0 saturated carbocycles. The number of nitrogens with one attached hydrogen (secondary N) is 1. The molecule has 1 saturated heterocycles. The highest BCUT2D eigenvalue weighted by Gasteiger charge is 2.25. The van der Waals surface area contributed by atoms with Crippen LogP contribution >= 0.6 is 12.4 Å². The molecule has 1 heterocycles. The summed E-state index contributed by atoms with van der Waals surface area (Å²) >= 11 is 0. The molecule has 0 aliphatic carbocycles. The third-order valence-electron chi connectivity index (χ3n) is 2.76. The number of hydrogen-bond donors (Lipinski definition) is 2. The van der Waals surface area contributed by atoms with Gasteiger partial charge in [-0.25, -0.2) is 0 Å². The molecule has 1 amide bonds. The van der Waals surface area contributed by atoms with Crippen molar-refractivity contribution in [2.75, 3.05) is 13.1 Å². The van der Waals surface area contributed by atoms with Crippen LogP contribution < -0.4 is 11.1 Å². The lowest BCUT2D eigenvalue weighted by atomic mass is 9.83. The second-order valence-electron chi connectivity index (χ2n) is 3.50. The molecular weight excluding hydrogens is 188 g/mol. The smallest absolute Gasteiger partial charge is 0.220 e. The molecule has 13 heavy (non-hydrogen) atoms. The molecule has 1 aliphatic rings. The molecular formula is C9H19ClN2O. The number of hydrogen-bond acceptors (Lipinski definition) is 2. The van der Waals surface area contributed by atoms with Crippen molar-refractivity contribution in [3.8, 4) is 0 Å². The van der Waals surface area contributed by atoms with Crippen LogP contribution in [0.5, 0.6) is 0 Å². The Morgan fingerprint density at radius 3 is 2.46 bits per heavy atom. The van der Waals surface area contributed by atoms with Gasteiger partial charge >= 0.3 is 0 Å². The zero-order valence-corrected chi connectivity index (χ0v) is 8.90. The Hall–Kier alpha value is -0.280. The standard InChI is InChI=1S/C9H18N2O.ClH/c1-2-8(9(10)12)7-3-5-11-6-4-7;/h7-8,11H,2-6H2,1H3,(H2,10,12);1H. The average Bonchev–Trinajstić information content (AvgIpc) is 2.07. The maximum absolute atomic E-state index is 11.0. The van der Waals surface area contributed by atoms with E-state index in [0.717, 1.165) is 32.4 Å². The lowest BCUT2D eigenvalue weighted by Crippen LogP contribution is -2.37. The Kier molecular flexibility index (Phi) is 6.08. The average molecular weight is 207 g/mol. The van der Waals surface area contributed by atoms with E-state index >= 15 is 0 Å². The largest absolute Gasteiger partial charge is 0.369 e. The third-order valence-corrected chi connectivity index (χ3v) is 2.76. The highest BCUT2D eigenvalue weighted by molar-refractivity contribution is 5.85. The van der Waals surface area contributed by atoms with Gasteiger partial charge in [-0.3, -0.25) is 4.79 Å². The van der Waals surface area contributed by atoms with E-state index in [1.54, 1.807) is 0 Å². The van der Waals surface area contributed by atoms with Gasteiger partial charge < -0.3 is 11.1 Å². The monoisotopic (exact) mass is 206 g/mol. The summed E-state index contributed by atoms with van der Waals surface area (Å²) in [4.78, 5) is 11.0. The molecule has 0 bridgehead atoms. The van der Waals surface area contributed by atoms with Crippen molar-refractivity contribution < 1.29 is 4.79 Å². The van der Waals surface area contributed by atoms with Gasteiger partial charge in [-0.1, -0.05) is 6.92 Å². The maximum atomic E-state index is 11.0. The van der Waals surface area contributed by atoms with Gasteiger partial charge in [0.15, 0.2) is 0 Å². The van der Waals surface area contributed by atoms with Crippen LogP contribution in [0.25, 0.3) is 0 Å². The number of primary amides is 1. The lowest BCUT2D eigenvalue weighted by molar-refractivity contribution is -0.123. The van der Waals surface area contributed by atoms with Gasteiger partial charge in [-0.05, 0) is 38.3 Å². The molecule has 1 atom stereocenters. The molecule has 3 nitrogen and oxygen atoms in total. The summed E-state index contributed by atoms with van der Waals surface area (Å²) in [5, 5.41) is 3.28. The van der Waals surface area contributed by atoms with E-state index in [1.165, 1.54) is 0 Å². The minimum atomic E-state index is -0.121. The first kappa shape index (κ1) is 12.7. The van der Waals surface area contributed by atoms with Crippen LogP contribution in [0.1, 0.15) is 26.2 Å². The fraction of sp³-hybridized carbons (Fsp3) is 0.889. The highest BCUT2D eigenvalue weighted by atomic mass is 35.5. The van der Waals surface area contributed by atoms with Crippen molar-refractivity contribution in [3.05, 3.63) is 0 Å². The van der Waals surface area contributed by atoms with Crippen molar-refractivity contribution in [2.45, 2.75) is 26.2 Å². The van der Waals surface area contributed by atoms with Gasteiger partial charge in [0.05, 0.1) is 0 Å². The van der Waals surface area contributed by atoms with Crippen molar-refractivity contribution in [1.82, 2.24) is 5.32 Å². The number of carbonyl (C=O) groups excluding carboxylic acids is 1. The van der Waals surface area contributed by atoms with Crippen LogP contribution in [0.3, 0.4) is 0 Å². The van der Waals surface area contributed by atoms with Crippen molar-refractivity contribution >= 4 is 18.3 Å². The molecule has 1 unspecified atom stereocenters. The first-order valence-corrected chi connectivity index (χ1v) is 4.75. The summed E-state index contributed by atoms with van der Waals surface area (Å²) < 4.78 is 0. The number of halogens is 1. The van der Waals surface area contributed by atoms with Gasteiger partial charge in [0.1, 0.15) is 0 Å². The van der Waals surface area contributed by atoms with Crippen molar-refractivity contribution in [3.63, 3.8) is 0 Å². The third kappa shape index (κ3) is 3.53. The van der Waals surface area contributed by atoms with Crippen LogP contribution in [0.4, 0.5) is 0 Å².